The fraction of sp³-hybridized carbons (Fsp3) is 0.647. The first-order valence-electron chi connectivity index (χ1n) is 7.61. The number of benzene rings is 1. The van der Waals surface area contributed by atoms with Crippen LogP contribution in [0.15, 0.2) is 24.3 Å². The zero-order chi connectivity index (χ0) is 13.8. The van der Waals surface area contributed by atoms with Crippen LogP contribution in [-0.4, -0.2) is 30.6 Å². The molecule has 0 bridgehead atoms. The highest BCUT2D eigenvalue weighted by Crippen LogP contribution is 2.25. The summed E-state index contributed by atoms with van der Waals surface area (Å²) in [5, 5.41) is 3.62. The molecule has 0 amide bonds. The van der Waals surface area contributed by atoms with Gasteiger partial charge in [0.05, 0.1) is 0 Å². The van der Waals surface area contributed by atoms with Gasteiger partial charge in [-0.2, -0.15) is 0 Å². The van der Waals surface area contributed by atoms with E-state index < -0.39 is 0 Å². The van der Waals surface area contributed by atoms with Crippen molar-refractivity contribution in [2.24, 2.45) is 5.92 Å². The van der Waals surface area contributed by atoms with Crippen molar-refractivity contribution in [1.82, 2.24) is 10.2 Å². The second-order valence-corrected chi connectivity index (χ2v) is 6.23. The first-order chi connectivity index (χ1) is 9.08. The second-order valence-electron chi connectivity index (χ2n) is 6.23. The summed E-state index contributed by atoms with van der Waals surface area (Å²) in [5.74, 6) is 0.717. The highest BCUT2D eigenvalue weighted by atomic mass is 15.2. The van der Waals surface area contributed by atoms with E-state index in [-0.39, 0.29) is 0 Å². The molecule has 1 N–H and O–H groups in total. The average molecular weight is 260 g/mol. The Balaban J connectivity index is 2.12. The minimum Gasteiger partial charge on any atom is -0.314 e. The Kier molecular flexibility index (Phi) is 5.00. The fourth-order valence-electron chi connectivity index (χ4n) is 3.02. The fourth-order valence-corrected chi connectivity index (χ4v) is 3.02. The Morgan fingerprint density at radius 2 is 2.00 bits per heavy atom. The summed E-state index contributed by atoms with van der Waals surface area (Å²) in [5.41, 5.74) is 2.90. The maximum Gasteiger partial charge on any atom is 0.0322 e. The molecule has 1 aromatic carbocycles. The van der Waals surface area contributed by atoms with Crippen molar-refractivity contribution in [2.75, 3.05) is 19.6 Å². The maximum absolute atomic E-state index is 3.62. The first kappa shape index (κ1) is 14.5. The molecule has 1 saturated heterocycles. The van der Waals surface area contributed by atoms with Gasteiger partial charge >= 0.3 is 0 Å². The predicted molar refractivity (Wildman–Crippen MR) is 82.4 cm³/mol. The van der Waals surface area contributed by atoms with Crippen LogP contribution in [0.3, 0.4) is 0 Å². The molecular formula is C17H28N2. The largest absolute Gasteiger partial charge is 0.314 e. The van der Waals surface area contributed by atoms with Gasteiger partial charge in [0.25, 0.3) is 0 Å². The molecule has 2 rings (SSSR count). The van der Waals surface area contributed by atoms with E-state index in [4.69, 9.17) is 0 Å². The molecule has 0 spiro atoms. The van der Waals surface area contributed by atoms with Crippen LogP contribution >= 0.6 is 0 Å². The lowest BCUT2D eigenvalue weighted by Crippen LogP contribution is -2.43. The van der Waals surface area contributed by atoms with E-state index in [0.29, 0.717) is 18.0 Å². The molecule has 1 heterocycles. The van der Waals surface area contributed by atoms with Crippen LogP contribution in [0.4, 0.5) is 0 Å². The van der Waals surface area contributed by atoms with Gasteiger partial charge in [-0.3, -0.25) is 4.90 Å². The van der Waals surface area contributed by atoms with Gasteiger partial charge in [-0.15, -0.1) is 0 Å². The number of rotatable bonds is 2. The third-order valence-corrected chi connectivity index (χ3v) is 4.40. The van der Waals surface area contributed by atoms with E-state index in [9.17, 15) is 0 Å². The minimum absolute atomic E-state index is 0.522. The number of hydrogen-bond donors (Lipinski definition) is 1. The van der Waals surface area contributed by atoms with Gasteiger partial charge in [0.2, 0.25) is 0 Å². The Hall–Kier alpha value is -0.860. The molecule has 19 heavy (non-hydrogen) atoms. The standard InChI is InChI=1S/C17H28N2/c1-13-11-18-15(3)9-10-19(12-13)16(4)17-8-6-5-7-14(17)2/h5-8,13,15-16,18H,9-12H2,1-4H3. The smallest absolute Gasteiger partial charge is 0.0322 e. The molecule has 0 radical (unpaired) electrons. The molecule has 2 heteroatoms. The molecule has 0 aliphatic carbocycles. The predicted octanol–water partition coefficient (Wildman–Crippen LogP) is 3.38. The van der Waals surface area contributed by atoms with Crippen molar-refractivity contribution in [3.63, 3.8) is 0 Å². The van der Waals surface area contributed by atoms with E-state index >= 15 is 0 Å². The zero-order valence-electron chi connectivity index (χ0n) is 12.8. The molecule has 1 aliphatic heterocycles. The van der Waals surface area contributed by atoms with Crippen LogP contribution < -0.4 is 5.32 Å². The lowest BCUT2D eigenvalue weighted by molar-refractivity contribution is 0.156. The molecule has 3 atom stereocenters. The van der Waals surface area contributed by atoms with Crippen molar-refractivity contribution in [2.45, 2.75) is 46.2 Å². The van der Waals surface area contributed by atoms with Gasteiger partial charge in [0.1, 0.15) is 0 Å². The van der Waals surface area contributed by atoms with E-state index in [1.165, 1.54) is 30.6 Å². The lowest BCUT2D eigenvalue weighted by Gasteiger charge is -2.36. The summed E-state index contributed by atoms with van der Waals surface area (Å²) in [4.78, 5) is 2.66. The molecule has 0 aromatic heterocycles. The molecule has 3 unspecified atom stereocenters. The maximum atomic E-state index is 3.62. The summed E-state index contributed by atoms with van der Waals surface area (Å²) in [6.45, 7) is 12.7. The summed E-state index contributed by atoms with van der Waals surface area (Å²) in [7, 11) is 0. The normalized spacial score (nSPS) is 27.6. The van der Waals surface area contributed by atoms with E-state index in [1.807, 2.05) is 0 Å². The summed E-state index contributed by atoms with van der Waals surface area (Å²) in [6.07, 6.45) is 1.24. The Morgan fingerprint density at radius 1 is 1.26 bits per heavy atom. The van der Waals surface area contributed by atoms with Gasteiger partial charge in [-0.25, -0.2) is 0 Å². The van der Waals surface area contributed by atoms with Crippen molar-refractivity contribution in [1.29, 1.82) is 0 Å². The van der Waals surface area contributed by atoms with Crippen LogP contribution in [0.25, 0.3) is 0 Å². The van der Waals surface area contributed by atoms with Crippen LogP contribution in [0, 0.1) is 12.8 Å². The van der Waals surface area contributed by atoms with Gasteiger partial charge in [0.15, 0.2) is 0 Å². The van der Waals surface area contributed by atoms with Gasteiger partial charge < -0.3 is 5.32 Å². The van der Waals surface area contributed by atoms with Gasteiger partial charge in [-0.1, -0.05) is 31.2 Å². The molecule has 106 valence electrons. The second kappa shape index (κ2) is 6.53. The Bertz CT molecular complexity index is 402. The number of hydrogen-bond acceptors (Lipinski definition) is 2. The van der Waals surface area contributed by atoms with Gasteiger partial charge in [-0.05, 0) is 50.8 Å². The quantitative estimate of drug-likeness (QED) is 0.877. The molecule has 2 nitrogen and oxygen atoms in total. The highest BCUT2D eigenvalue weighted by molar-refractivity contribution is 5.28. The third-order valence-electron chi connectivity index (χ3n) is 4.40. The van der Waals surface area contributed by atoms with Crippen LogP contribution in [0.1, 0.15) is 44.4 Å². The minimum atomic E-state index is 0.522. The Labute approximate surface area is 118 Å². The zero-order valence-corrected chi connectivity index (χ0v) is 12.8. The monoisotopic (exact) mass is 260 g/mol. The molecule has 0 saturated carbocycles. The summed E-state index contributed by atoms with van der Waals surface area (Å²) >= 11 is 0. The molecule has 1 fully saturated rings. The van der Waals surface area contributed by atoms with Gasteiger partial charge in [0, 0.05) is 25.2 Å². The van der Waals surface area contributed by atoms with Crippen molar-refractivity contribution >= 4 is 0 Å². The van der Waals surface area contributed by atoms with Crippen molar-refractivity contribution < 1.29 is 0 Å². The lowest BCUT2D eigenvalue weighted by atomic mass is 9.98. The number of aryl methyl sites for hydroxylation is 1. The number of nitrogens with zero attached hydrogens (tertiary/aromatic N) is 1. The van der Waals surface area contributed by atoms with Crippen LogP contribution in [0.5, 0.6) is 0 Å². The number of nitrogens with one attached hydrogen (secondary N) is 1. The Morgan fingerprint density at radius 3 is 2.74 bits per heavy atom. The molecule has 1 aromatic rings. The van der Waals surface area contributed by atoms with E-state index in [2.05, 4.69) is 62.2 Å². The van der Waals surface area contributed by atoms with Crippen LogP contribution in [0.2, 0.25) is 0 Å². The molecule has 1 aliphatic rings. The first-order valence-corrected chi connectivity index (χ1v) is 7.61. The van der Waals surface area contributed by atoms with E-state index in [1.54, 1.807) is 0 Å². The summed E-state index contributed by atoms with van der Waals surface area (Å²) in [6, 6.07) is 9.96. The topological polar surface area (TPSA) is 15.3 Å². The summed E-state index contributed by atoms with van der Waals surface area (Å²) < 4.78 is 0. The SMILES string of the molecule is Cc1ccccc1C(C)N1CCC(C)NCC(C)C1. The van der Waals surface area contributed by atoms with E-state index in [0.717, 1.165) is 6.54 Å². The third kappa shape index (κ3) is 3.80. The average Bonchev–Trinajstić information content (AvgIpc) is 2.39. The van der Waals surface area contributed by atoms with Crippen molar-refractivity contribution in [3.05, 3.63) is 35.4 Å². The highest BCUT2D eigenvalue weighted by Gasteiger charge is 2.22. The van der Waals surface area contributed by atoms with Crippen LogP contribution in [-0.2, 0) is 0 Å². The molecular weight excluding hydrogens is 232 g/mol. The van der Waals surface area contributed by atoms with Crippen molar-refractivity contribution in [3.8, 4) is 0 Å².